The summed E-state index contributed by atoms with van der Waals surface area (Å²) in [7, 11) is 0. The molecule has 1 aliphatic carbocycles. The van der Waals surface area contributed by atoms with E-state index in [0.717, 1.165) is 42.7 Å². The van der Waals surface area contributed by atoms with Crippen LogP contribution in [0.4, 0.5) is 5.69 Å². The number of benzene rings is 1. The summed E-state index contributed by atoms with van der Waals surface area (Å²) in [6.45, 7) is 10.1. The zero-order valence-corrected chi connectivity index (χ0v) is 13.6. The van der Waals surface area contributed by atoms with E-state index in [4.69, 9.17) is 0 Å². The number of phenolic OH excluding ortho intramolecular Hbond substituents is 1. The second-order valence-corrected chi connectivity index (χ2v) is 6.08. The molecule has 2 atom stereocenters. The summed E-state index contributed by atoms with van der Waals surface area (Å²) in [6.07, 6.45) is 1.27. The number of nitrogens with zero attached hydrogens (tertiary/aromatic N) is 1. The minimum Gasteiger partial charge on any atom is -0.506 e. The van der Waals surface area contributed by atoms with Crippen molar-refractivity contribution in [2.75, 3.05) is 18.0 Å². The van der Waals surface area contributed by atoms with E-state index in [1.54, 1.807) is 6.07 Å². The number of rotatable bonds is 5. The lowest BCUT2D eigenvalue weighted by Gasteiger charge is -2.35. The fourth-order valence-electron chi connectivity index (χ4n) is 3.35. The van der Waals surface area contributed by atoms with Crippen LogP contribution in [-0.2, 0) is 6.42 Å². The molecule has 0 radical (unpaired) electrons. The molecule has 0 unspecified atom stereocenters. The monoisotopic (exact) mass is 292 g/mol. The number of aromatic hydroxyl groups is 1. The first-order valence-electron chi connectivity index (χ1n) is 8.03. The molecule has 1 aromatic carbocycles. The summed E-state index contributed by atoms with van der Waals surface area (Å²) in [5, 5.41) is 24.3. The van der Waals surface area contributed by atoms with Crippen LogP contribution in [0.5, 0.6) is 5.75 Å². The van der Waals surface area contributed by atoms with Gasteiger partial charge >= 0.3 is 0 Å². The summed E-state index contributed by atoms with van der Waals surface area (Å²) in [4.78, 5) is 2.16. The predicted octanol–water partition coefficient (Wildman–Crippen LogP) is 2.58. The van der Waals surface area contributed by atoms with Gasteiger partial charge in [-0.3, -0.25) is 0 Å². The highest BCUT2D eigenvalue weighted by atomic mass is 16.3. The summed E-state index contributed by atoms with van der Waals surface area (Å²) in [6, 6.07) is 4.03. The summed E-state index contributed by atoms with van der Waals surface area (Å²) in [5.74, 6) is 0.319. The molecule has 3 N–H and O–H groups in total. The van der Waals surface area contributed by atoms with Gasteiger partial charge in [0.15, 0.2) is 0 Å². The Morgan fingerprint density at radius 3 is 2.52 bits per heavy atom. The number of aliphatic hydroxyl groups is 1. The van der Waals surface area contributed by atoms with Gasteiger partial charge in [0.2, 0.25) is 0 Å². The van der Waals surface area contributed by atoms with E-state index in [2.05, 4.69) is 37.9 Å². The molecule has 2 rings (SSSR count). The van der Waals surface area contributed by atoms with Gasteiger partial charge in [0.25, 0.3) is 0 Å². The molecule has 0 spiro atoms. The van der Waals surface area contributed by atoms with Gasteiger partial charge in [-0.15, -0.1) is 0 Å². The molecule has 0 saturated heterocycles. The molecule has 0 aromatic heterocycles. The number of hydrogen-bond donors (Lipinski definition) is 3. The first kappa shape index (κ1) is 16.1. The maximum Gasteiger partial charge on any atom is 0.139 e. The number of anilines is 1. The van der Waals surface area contributed by atoms with Crippen molar-refractivity contribution in [2.24, 2.45) is 0 Å². The molecule has 0 fully saturated rings. The molecule has 1 aliphatic rings. The molecule has 0 heterocycles. The second kappa shape index (κ2) is 6.67. The highest BCUT2D eigenvalue weighted by molar-refractivity contribution is 5.66. The lowest BCUT2D eigenvalue weighted by molar-refractivity contribution is 0.110. The largest absolute Gasteiger partial charge is 0.506 e. The first-order valence-corrected chi connectivity index (χ1v) is 8.03. The maximum atomic E-state index is 10.6. The summed E-state index contributed by atoms with van der Waals surface area (Å²) < 4.78 is 0. The number of nitrogens with one attached hydrogen (secondary N) is 1. The van der Waals surface area contributed by atoms with Crippen LogP contribution in [0, 0.1) is 0 Å². The van der Waals surface area contributed by atoms with Crippen molar-refractivity contribution in [2.45, 2.75) is 58.7 Å². The van der Waals surface area contributed by atoms with E-state index >= 15 is 0 Å². The molecule has 0 amide bonds. The Balaban J connectivity index is 2.39. The molecule has 118 valence electrons. The minimum atomic E-state index is -0.508. The Kier molecular flexibility index (Phi) is 5.12. The highest BCUT2D eigenvalue weighted by Crippen LogP contribution is 2.41. The first-order chi connectivity index (χ1) is 9.99. The molecule has 1 aromatic rings. The number of phenols is 1. The van der Waals surface area contributed by atoms with E-state index in [0.29, 0.717) is 11.8 Å². The normalized spacial score (nSPS) is 21.4. The average molecular weight is 292 g/mol. The number of hydrogen-bond acceptors (Lipinski definition) is 4. The fourth-order valence-corrected chi connectivity index (χ4v) is 3.35. The van der Waals surface area contributed by atoms with Crippen LogP contribution >= 0.6 is 0 Å². The standard InChI is InChI=1S/C17H28N2O2/c1-5-19(6-2)16-12-7-9-14(18-11(3)4)17(21)13(12)8-10-15(16)20/h8,10-11,14,17-18,20-21H,5-7,9H2,1-4H3/t14-,17-/m0/s1. The Hall–Kier alpha value is -1.26. The lowest BCUT2D eigenvalue weighted by atomic mass is 9.84. The van der Waals surface area contributed by atoms with Crippen molar-refractivity contribution < 1.29 is 10.2 Å². The molecule has 4 nitrogen and oxygen atoms in total. The zero-order valence-electron chi connectivity index (χ0n) is 13.6. The van der Waals surface area contributed by atoms with E-state index in [-0.39, 0.29) is 6.04 Å². The van der Waals surface area contributed by atoms with Crippen molar-refractivity contribution in [3.8, 4) is 5.75 Å². The van der Waals surface area contributed by atoms with Crippen molar-refractivity contribution >= 4 is 5.69 Å². The van der Waals surface area contributed by atoms with Crippen molar-refractivity contribution in [3.63, 3.8) is 0 Å². The van der Waals surface area contributed by atoms with Crippen LogP contribution in [-0.4, -0.2) is 35.4 Å². The van der Waals surface area contributed by atoms with Crippen LogP contribution in [0.2, 0.25) is 0 Å². The summed E-state index contributed by atoms with van der Waals surface area (Å²) in [5.41, 5.74) is 2.96. The Labute approximate surface area is 127 Å². The van der Waals surface area contributed by atoms with Crippen LogP contribution in [0.1, 0.15) is 51.3 Å². The van der Waals surface area contributed by atoms with E-state index < -0.39 is 6.10 Å². The third-order valence-electron chi connectivity index (χ3n) is 4.33. The topological polar surface area (TPSA) is 55.7 Å². The van der Waals surface area contributed by atoms with Gasteiger partial charge in [-0.2, -0.15) is 0 Å². The van der Waals surface area contributed by atoms with E-state index in [1.165, 1.54) is 0 Å². The van der Waals surface area contributed by atoms with Gasteiger partial charge < -0.3 is 20.4 Å². The molecule has 4 heteroatoms. The Bertz CT molecular complexity index is 484. The van der Waals surface area contributed by atoms with Gasteiger partial charge in [-0.25, -0.2) is 0 Å². The summed E-state index contributed by atoms with van der Waals surface area (Å²) >= 11 is 0. The molecule has 0 saturated carbocycles. The molecule has 0 bridgehead atoms. The van der Waals surface area contributed by atoms with Gasteiger partial charge in [0.05, 0.1) is 11.8 Å². The molecular weight excluding hydrogens is 264 g/mol. The zero-order chi connectivity index (χ0) is 15.6. The molecular formula is C17H28N2O2. The Morgan fingerprint density at radius 2 is 1.95 bits per heavy atom. The molecule has 0 aliphatic heterocycles. The third kappa shape index (κ3) is 3.16. The second-order valence-electron chi connectivity index (χ2n) is 6.08. The molecule has 21 heavy (non-hydrogen) atoms. The Morgan fingerprint density at radius 1 is 1.29 bits per heavy atom. The highest BCUT2D eigenvalue weighted by Gasteiger charge is 2.31. The van der Waals surface area contributed by atoms with Crippen LogP contribution < -0.4 is 10.2 Å². The van der Waals surface area contributed by atoms with Crippen LogP contribution in [0.3, 0.4) is 0 Å². The SMILES string of the molecule is CCN(CC)c1c(O)ccc2c1CC[C@H](NC(C)C)[C@H]2O. The van der Waals surface area contributed by atoms with Crippen LogP contribution in [0.15, 0.2) is 12.1 Å². The van der Waals surface area contributed by atoms with Crippen LogP contribution in [0.25, 0.3) is 0 Å². The van der Waals surface area contributed by atoms with Gasteiger partial charge in [0, 0.05) is 25.2 Å². The predicted molar refractivity (Wildman–Crippen MR) is 87.0 cm³/mol. The van der Waals surface area contributed by atoms with Gasteiger partial charge in [-0.1, -0.05) is 19.9 Å². The van der Waals surface area contributed by atoms with Crippen molar-refractivity contribution in [1.82, 2.24) is 5.32 Å². The minimum absolute atomic E-state index is 0.0894. The maximum absolute atomic E-state index is 10.6. The smallest absolute Gasteiger partial charge is 0.139 e. The van der Waals surface area contributed by atoms with E-state index in [1.807, 2.05) is 6.07 Å². The van der Waals surface area contributed by atoms with Gasteiger partial charge in [-0.05, 0) is 43.9 Å². The lowest BCUT2D eigenvalue weighted by Crippen LogP contribution is -2.42. The average Bonchev–Trinajstić information content (AvgIpc) is 2.45. The van der Waals surface area contributed by atoms with Crippen molar-refractivity contribution in [1.29, 1.82) is 0 Å². The van der Waals surface area contributed by atoms with Gasteiger partial charge in [0.1, 0.15) is 5.75 Å². The third-order valence-corrected chi connectivity index (χ3v) is 4.33. The fraction of sp³-hybridized carbons (Fsp3) is 0.647. The van der Waals surface area contributed by atoms with Crippen molar-refractivity contribution in [3.05, 3.63) is 23.3 Å². The number of fused-ring (bicyclic) bond motifs is 1. The van der Waals surface area contributed by atoms with E-state index in [9.17, 15) is 10.2 Å². The number of aliphatic hydroxyl groups excluding tert-OH is 1. The quantitative estimate of drug-likeness (QED) is 0.781.